The topological polar surface area (TPSA) is 72.2 Å². The van der Waals surface area contributed by atoms with E-state index in [0.717, 1.165) is 0 Å². The number of halogens is 2. The van der Waals surface area contributed by atoms with Gasteiger partial charge >= 0.3 is 0 Å². The first-order valence-corrected chi connectivity index (χ1v) is 7.93. The zero-order valence-corrected chi connectivity index (χ0v) is 12.3. The second-order valence-corrected chi connectivity index (χ2v) is 6.56. The van der Waals surface area contributed by atoms with Crippen molar-refractivity contribution in [2.45, 2.75) is 12.8 Å². The van der Waals surface area contributed by atoms with Crippen LogP contribution in [-0.2, 0) is 10.0 Å². The monoisotopic (exact) mass is 340 g/mol. The predicted octanol–water partition coefficient (Wildman–Crippen LogP) is 2.58. The lowest BCUT2D eigenvalue weighted by Crippen LogP contribution is -2.17. The van der Waals surface area contributed by atoms with Gasteiger partial charge in [0, 0.05) is 0 Å². The third-order valence-corrected chi connectivity index (χ3v) is 4.84. The molecule has 7 heteroatoms. The largest absolute Gasteiger partial charge is 0.330 e. The lowest BCUT2D eigenvalue weighted by Gasteiger charge is -2.10. The zero-order valence-electron chi connectivity index (χ0n) is 9.12. The van der Waals surface area contributed by atoms with Gasteiger partial charge in [0.2, 0.25) is 10.0 Å². The van der Waals surface area contributed by atoms with E-state index in [-0.39, 0.29) is 5.75 Å². The number of rotatable bonds is 6. The van der Waals surface area contributed by atoms with Crippen LogP contribution in [0.4, 0.5) is 5.69 Å². The summed E-state index contributed by atoms with van der Waals surface area (Å²) in [7, 11) is -3.34. The minimum atomic E-state index is -3.34. The van der Waals surface area contributed by atoms with E-state index in [1.54, 1.807) is 18.2 Å². The van der Waals surface area contributed by atoms with E-state index in [2.05, 4.69) is 20.7 Å². The Hall–Kier alpha value is -0.300. The smallest absolute Gasteiger partial charge is 0.232 e. The Morgan fingerprint density at radius 2 is 2.06 bits per heavy atom. The maximum atomic E-state index is 11.7. The van der Waals surface area contributed by atoms with Crippen LogP contribution in [0.15, 0.2) is 22.7 Å². The molecule has 3 N–H and O–H groups in total. The van der Waals surface area contributed by atoms with E-state index in [9.17, 15) is 8.42 Å². The number of hydrogen-bond donors (Lipinski definition) is 2. The first-order valence-electron chi connectivity index (χ1n) is 5.11. The number of anilines is 1. The number of nitrogens with two attached hydrogens (primary N) is 1. The Bertz CT molecular complexity index is 479. The Morgan fingerprint density at radius 1 is 1.35 bits per heavy atom. The highest BCUT2D eigenvalue weighted by atomic mass is 79.9. The summed E-state index contributed by atoms with van der Waals surface area (Å²) in [5, 5.41) is 0.465. The highest BCUT2D eigenvalue weighted by molar-refractivity contribution is 9.10. The lowest BCUT2D eigenvalue weighted by atomic mass is 10.3. The second kappa shape index (κ2) is 6.58. The molecule has 0 aliphatic heterocycles. The molecule has 0 aliphatic carbocycles. The van der Waals surface area contributed by atoms with Crippen molar-refractivity contribution < 1.29 is 8.42 Å². The van der Waals surface area contributed by atoms with E-state index in [0.29, 0.717) is 34.6 Å². The summed E-state index contributed by atoms with van der Waals surface area (Å²) in [5.41, 5.74) is 5.76. The van der Waals surface area contributed by atoms with Crippen LogP contribution < -0.4 is 10.5 Å². The van der Waals surface area contributed by atoms with Crippen molar-refractivity contribution in [3.8, 4) is 0 Å². The molecule has 0 aromatic heterocycles. The summed E-state index contributed by atoms with van der Waals surface area (Å²) in [4.78, 5) is 0. The molecule has 0 spiro atoms. The van der Waals surface area contributed by atoms with Crippen molar-refractivity contribution >= 4 is 43.2 Å². The van der Waals surface area contributed by atoms with Crippen molar-refractivity contribution in [3.63, 3.8) is 0 Å². The maximum Gasteiger partial charge on any atom is 0.232 e. The molecule has 0 bridgehead atoms. The van der Waals surface area contributed by atoms with Crippen LogP contribution in [0.1, 0.15) is 12.8 Å². The molecule has 4 nitrogen and oxygen atoms in total. The molecule has 17 heavy (non-hydrogen) atoms. The molecule has 0 amide bonds. The summed E-state index contributed by atoms with van der Waals surface area (Å²) in [5.74, 6) is 0.0587. The van der Waals surface area contributed by atoms with Crippen molar-refractivity contribution in [1.29, 1.82) is 0 Å². The molecule has 0 heterocycles. The molecule has 1 aromatic rings. The highest BCUT2D eigenvalue weighted by Gasteiger charge is 2.12. The molecule has 0 atom stereocenters. The minimum absolute atomic E-state index is 0.0587. The van der Waals surface area contributed by atoms with E-state index in [1.807, 2.05) is 0 Å². The standard InChI is InChI=1S/C10H14BrClN2O2S/c11-10-8(12)4-3-5-9(10)14-17(15,16)7-2-1-6-13/h3-5,14H,1-2,6-7,13H2. The van der Waals surface area contributed by atoms with Gasteiger partial charge in [0.1, 0.15) is 0 Å². The summed E-state index contributed by atoms with van der Waals surface area (Å²) in [6, 6.07) is 5.01. The second-order valence-electron chi connectivity index (χ2n) is 3.52. The zero-order chi connectivity index (χ0) is 12.9. The van der Waals surface area contributed by atoms with Gasteiger partial charge in [0.15, 0.2) is 0 Å². The van der Waals surface area contributed by atoms with Crippen LogP contribution in [-0.4, -0.2) is 20.7 Å². The van der Waals surface area contributed by atoms with Crippen LogP contribution in [0.2, 0.25) is 5.02 Å². The van der Waals surface area contributed by atoms with Crippen LogP contribution in [0.25, 0.3) is 0 Å². The van der Waals surface area contributed by atoms with Gasteiger partial charge in [-0.2, -0.15) is 0 Å². The summed E-state index contributed by atoms with van der Waals surface area (Å²) in [6.45, 7) is 0.496. The number of nitrogens with one attached hydrogen (secondary N) is 1. The average Bonchev–Trinajstić information content (AvgIpc) is 2.25. The molecular weight excluding hydrogens is 328 g/mol. The van der Waals surface area contributed by atoms with Crippen molar-refractivity contribution in [3.05, 3.63) is 27.7 Å². The van der Waals surface area contributed by atoms with E-state index in [1.165, 1.54) is 0 Å². The van der Waals surface area contributed by atoms with Gasteiger partial charge in [-0.3, -0.25) is 4.72 Å². The number of sulfonamides is 1. The van der Waals surface area contributed by atoms with Crippen LogP contribution in [0.5, 0.6) is 0 Å². The molecule has 1 rings (SSSR count). The van der Waals surface area contributed by atoms with Crippen LogP contribution >= 0.6 is 27.5 Å². The lowest BCUT2D eigenvalue weighted by molar-refractivity contribution is 0.597. The predicted molar refractivity (Wildman–Crippen MR) is 74.8 cm³/mol. The minimum Gasteiger partial charge on any atom is -0.330 e. The van der Waals surface area contributed by atoms with Crippen LogP contribution in [0.3, 0.4) is 0 Å². The summed E-state index contributed by atoms with van der Waals surface area (Å²) >= 11 is 9.11. The van der Waals surface area contributed by atoms with Gasteiger partial charge < -0.3 is 5.73 Å². The SMILES string of the molecule is NCCCCS(=O)(=O)Nc1cccc(Cl)c1Br. The fourth-order valence-corrected chi connectivity index (χ4v) is 3.10. The first kappa shape index (κ1) is 14.8. The number of hydrogen-bond acceptors (Lipinski definition) is 3. The average molecular weight is 342 g/mol. The third kappa shape index (κ3) is 4.83. The molecule has 0 aliphatic rings. The van der Waals surface area contributed by atoms with Gasteiger partial charge in [0.25, 0.3) is 0 Å². The highest BCUT2D eigenvalue weighted by Crippen LogP contribution is 2.30. The number of unbranched alkanes of at least 4 members (excludes halogenated alkanes) is 1. The molecule has 0 radical (unpaired) electrons. The van der Waals surface area contributed by atoms with Gasteiger partial charge in [-0.25, -0.2) is 8.42 Å². The van der Waals surface area contributed by atoms with Crippen molar-refractivity contribution in [1.82, 2.24) is 0 Å². The van der Waals surface area contributed by atoms with Gasteiger partial charge in [-0.05, 0) is 47.4 Å². The third-order valence-electron chi connectivity index (χ3n) is 2.08. The van der Waals surface area contributed by atoms with Gasteiger partial charge in [-0.15, -0.1) is 0 Å². The maximum absolute atomic E-state index is 11.7. The quantitative estimate of drug-likeness (QED) is 0.781. The Kier molecular flexibility index (Phi) is 5.72. The molecular formula is C10H14BrClN2O2S. The molecule has 0 saturated heterocycles. The van der Waals surface area contributed by atoms with Gasteiger partial charge in [-0.1, -0.05) is 17.7 Å². The van der Waals surface area contributed by atoms with E-state index >= 15 is 0 Å². The summed E-state index contributed by atoms with van der Waals surface area (Å²) in [6.07, 6.45) is 1.24. The molecule has 0 fully saturated rings. The fourth-order valence-electron chi connectivity index (χ4n) is 1.24. The fraction of sp³-hybridized carbons (Fsp3) is 0.400. The Labute approximate surface area is 115 Å². The Morgan fingerprint density at radius 3 is 2.71 bits per heavy atom. The molecule has 0 unspecified atom stereocenters. The van der Waals surface area contributed by atoms with E-state index in [4.69, 9.17) is 17.3 Å². The van der Waals surface area contributed by atoms with E-state index < -0.39 is 10.0 Å². The molecule has 1 aromatic carbocycles. The normalized spacial score (nSPS) is 11.5. The van der Waals surface area contributed by atoms with Gasteiger partial charge in [0.05, 0.1) is 20.9 Å². The molecule has 0 saturated carbocycles. The number of benzene rings is 1. The first-order chi connectivity index (χ1) is 7.96. The Balaban J connectivity index is 2.73. The van der Waals surface area contributed by atoms with Crippen molar-refractivity contribution in [2.75, 3.05) is 17.0 Å². The van der Waals surface area contributed by atoms with Crippen molar-refractivity contribution in [2.24, 2.45) is 5.73 Å². The summed E-state index contributed by atoms with van der Waals surface area (Å²) < 4.78 is 26.5. The van der Waals surface area contributed by atoms with Crippen LogP contribution in [0, 0.1) is 0 Å². The molecule has 96 valence electrons.